The molecule has 0 spiro atoms. The molecule has 1 aromatic carbocycles. The van der Waals surface area contributed by atoms with Gasteiger partial charge >= 0.3 is 0 Å². The number of carbonyl (C=O) groups excluding carboxylic acids is 2. The standard InChI is InChI=1S/C38H59F2N5O2S/c1-10-44(11-2)36-41-23-30(48-36)24-43(9)29-19-32(31-13-12-28(39)18-34(31)40)33(20-29)35(47)45-16-14-26(15-17-45)27(21-37(4,5)6)22-38(7,8)42-25(3)46/h12-13,18,23,26-27,29,32-33H,10-11,14-17,19-22,24H2,1-9H3,(H,42,46)/t27?,29?,32-,33+/m0/s1. The number of halogens is 2. The number of thiazole rings is 1. The van der Waals surface area contributed by atoms with Gasteiger partial charge in [0.25, 0.3) is 0 Å². The molecule has 2 unspecified atom stereocenters. The summed E-state index contributed by atoms with van der Waals surface area (Å²) >= 11 is 1.70. The molecule has 48 heavy (non-hydrogen) atoms. The van der Waals surface area contributed by atoms with Gasteiger partial charge in [-0.2, -0.15) is 0 Å². The Kier molecular flexibility index (Phi) is 12.7. The van der Waals surface area contributed by atoms with Crippen molar-refractivity contribution in [2.45, 2.75) is 118 Å². The maximum Gasteiger partial charge on any atom is 0.226 e. The average molecular weight is 688 g/mol. The zero-order valence-corrected chi connectivity index (χ0v) is 31.6. The number of nitrogens with one attached hydrogen (secondary N) is 1. The molecule has 10 heteroatoms. The minimum atomic E-state index is -0.603. The molecule has 0 bridgehead atoms. The van der Waals surface area contributed by atoms with Crippen LogP contribution in [0.4, 0.5) is 13.9 Å². The van der Waals surface area contributed by atoms with Gasteiger partial charge in [-0.25, -0.2) is 13.8 Å². The van der Waals surface area contributed by atoms with E-state index in [-0.39, 0.29) is 40.6 Å². The maximum atomic E-state index is 15.3. The second-order valence-corrected chi connectivity index (χ2v) is 17.3. The lowest BCUT2D eigenvalue weighted by atomic mass is 9.70. The molecule has 1 aliphatic carbocycles. The molecule has 2 heterocycles. The Hall–Kier alpha value is -2.59. The van der Waals surface area contributed by atoms with Crippen molar-refractivity contribution in [1.82, 2.24) is 20.1 Å². The summed E-state index contributed by atoms with van der Waals surface area (Å²) in [6, 6.07) is 3.88. The van der Waals surface area contributed by atoms with Crippen LogP contribution in [0.15, 0.2) is 24.4 Å². The number of anilines is 1. The van der Waals surface area contributed by atoms with Crippen molar-refractivity contribution >= 4 is 28.3 Å². The lowest BCUT2D eigenvalue weighted by Crippen LogP contribution is -2.47. The first-order valence-electron chi connectivity index (χ1n) is 17.9. The fourth-order valence-electron chi connectivity index (χ4n) is 8.38. The van der Waals surface area contributed by atoms with Gasteiger partial charge in [0, 0.05) is 74.3 Å². The molecule has 4 rings (SSSR count). The van der Waals surface area contributed by atoms with Crippen molar-refractivity contribution in [3.05, 3.63) is 46.5 Å². The molecule has 2 aliphatic rings. The van der Waals surface area contributed by atoms with E-state index in [1.165, 1.54) is 12.1 Å². The molecule has 0 radical (unpaired) electrons. The third-order valence-corrected chi connectivity index (χ3v) is 11.5. The number of likely N-dealkylation sites (tertiary alicyclic amines) is 1. The maximum absolute atomic E-state index is 15.3. The first-order chi connectivity index (χ1) is 22.5. The first kappa shape index (κ1) is 38.2. The molecular formula is C38H59F2N5O2S. The number of amides is 2. The summed E-state index contributed by atoms with van der Waals surface area (Å²) in [6.07, 6.45) is 6.98. The normalized spacial score (nSPS) is 21.5. The molecule has 2 aromatic rings. The summed E-state index contributed by atoms with van der Waals surface area (Å²) in [5, 5.41) is 4.15. The lowest BCUT2D eigenvalue weighted by Gasteiger charge is -2.42. The SMILES string of the molecule is CCN(CC)c1ncc(CN(C)C2C[C@@H](C(=O)N3CCC(C(CC(C)(C)C)CC(C)(C)NC(C)=O)CC3)[C@H](c3ccc(F)cc3F)C2)s1. The number of hydrogen-bond acceptors (Lipinski definition) is 6. The van der Waals surface area contributed by atoms with Gasteiger partial charge in [0.05, 0.1) is 0 Å². The molecule has 1 N–H and O–H groups in total. The number of piperidine rings is 1. The highest BCUT2D eigenvalue weighted by Gasteiger charge is 2.44. The van der Waals surface area contributed by atoms with Gasteiger partial charge < -0.3 is 15.1 Å². The van der Waals surface area contributed by atoms with Crippen molar-refractivity contribution in [3.63, 3.8) is 0 Å². The topological polar surface area (TPSA) is 68.8 Å². The number of carbonyl (C=O) groups is 2. The Balaban J connectivity index is 1.49. The van der Waals surface area contributed by atoms with Crippen molar-refractivity contribution < 1.29 is 18.4 Å². The van der Waals surface area contributed by atoms with Crippen molar-refractivity contribution in [3.8, 4) is 0 Å². The van der Waals surface area contributed by atoms with Gasteiger partial charge in [-0.05, 0) is 108 Å². The van der Waals surface area contributed by atoms with Gasteiger partial charge in [0.2, 0.25) is 11.8 Å². The van der Waals surface area contributed by atoms with E-state index in [0.29, 0.717) is 49.9 Å². The molecule has 2 amide bonds. The smallest absolute Gasteiger partial charge is 0.226 e. The summed E-state index contributed by atoms with van der Waals surface area (Å²) in [5.74, 6) is -0.914. The van der Waals surface area contributed by atoms with Gasteiger partial charge in [-0.15, -0.1) is 11.3 Å². The zero-order chi connectivity index (χ0) is 35.4. The van der Waals surface area contributed by atoms with E-state index in [1.54, 1.807) is 18.3 Å². The van der Waals surface area contributed by atoms with Crippen LogP contribution in [0.1, 0.15) is 110 Å². The highest BCUT2D eigenvalue weighted by Crippen LogP contribution is 2.45. The van der Waals surface area contributed by atoms with Gasteiger partial charge in [0.1, 0.15) is 11.6 Å². The van der Waals surface area contributed by atoms with Crippen LogP contribution in [-0.4, -0.2) is 71.4 Å². The minimum absolute atomic E-state index is 0.0148. The van der Waals surface area contributed by atoms with Crippen molar-refractivity contribution in [1.29, 1.82) is 0 Å². The second-order valence-electron chi connectivity index (χ2n) is 16.2. The number of rotatable bonds is 13. The number of benzene rings is 1. The largest absolute Gasteiger partial charge is 0.351 e. The van der Waals surface area contributed by atoms with Crippen LogP contribution in [0.5, 0.6) is 0 Å². The molecule has 268 valence electrons. The summed E-state index contributed by atoms with van der Waals surface area (Å²) in [7, 11) is 2.08. The van der Waals surface area contributed by atoms with Crippen LogP contribution in [0.2, 0.25) is 0 Å². The monoisotopic (exact) mass is 687 g/mol. The fourth-order valence-corrected chi connectivity index (χ4v) is 9.48. The summed E-state index contributed by atoms with van der Waals surface area (Å²) in [4.78, 5) is 38.6. The molecule has 2 fully saturated rings. The predicted octanol–water partition coefficient (Wildman–Crippen LogP) is 7.86. The van der Waals surface area contributed by atoms with Gasteiger partial charge in [0.15, 0.2) is 5.13 Å². The molecule has 1 aromatic heterocycles. The Morgan fingerprint density at radius 2 is 1.73 bits per heavy atom. The predicted molar refractivity (Wildman–Crippen MR) is 192 cm³/mol. The summed E-state index contributed by atoms with van der Waals surface area (Å²) in [5.41, 5.74) is 0.276. The zero-order valence-electron chi connectivity index (χ0n) is 30.7. The third-order valence-electron chi connectivity index (χ3n) is 10.5. The van der Waals surface area contributed by atoms with E-state index in [4.69, 9.17) is 0 Å². The Morgan fingerprint density at radius 3 is 2.31 bits per heavy atom. The first-order valence-corrected chi connectivity index (χ1v) is 18.7. The van der Waals surface area contributed by atoms with Gasteiger partial charge in [-0.3, -0.25) is 14.5 Å². The van der Waals surface area contributed by atoms with Crippen molar-refractivity contribution in [2.75, 3.05) is 38.1 Å². The molecule has 1 saturated heterocycles. The van der Waals surface area contributed by atoms with Gasteiger partial charge in [-0.1, -0.05) is 26.8 Å². The highest BCUT2D eigenvalue weighted by atomic mass is 32.1. The van der Waals surface area contributed by atoms with Crippen LogP contribution >= 0.6 is 11.3 Å². The Bertz CT molecular complexity index is 1380. The lowest BCUT2D eigenvalue weighted by molar-refractivity contribution is -0.137. The summed E-state index contributed by atoms with van der Waals surface area (Å²) in [6.45, 7) is 20.7. The van der Waals surface area contributed by atoms with Crippen LogP contribution in [0, 0.1) is 34.8 Å². The van der Waals surface area contributed by atoms with E-state index in [0.717, 1.165) is 54.8 Å². The second kappa shape index (κ2) is 16.0. The molecule has 1 saturated carbocycles. The van der Waals surface area contributed by atoms with E-state index in [2.05, 4.69) is 75.6 Å². The number of hydrogen-bond donors (Lipinski definition) is 1. The van der Waals surface area contributed by atoms with E-state index in [9.17, 15) is 14.0 Å². The average Bonchev–Trinajstić information content (AvgIpc) is 3.63. The van der Waals surface area contributed by atoms with E-state index >= 15 is 4.39 Å². The molecule has 7 nitrogen and oxygen atoms in total. The molecule has 4 atom stereocenters. The molecule has 1 aliphatic heterocycles. The van der Waals surface area contributed by atoms with E-state index < -0.39 is 11.6 Å². The number of nitrogens with zero attached hydrogens (tertiary/aromatic N) is 4. The van der Waals surface area contributed by atoms with Crippen LogP contribution in [0.3, 0.4) is 0 Å². The third kappa shape index (κ3) is 9.99. The van der Waals surface area contributed by atoms with Crippen LogP contribution in [-0.2, 0) is 16.1 Å². The Labute approximate surface area is 291 Å². The van der Waals surface area contributed by atoms with Crippen LogP contribution < -0.4 is 10.2 Å². The fraction of sp³-hybridized carbons (Fsp3) is 0.711. The minimum Gasteiger partial charge on any atom is -0.351 e. The van der Waals surface area contributed by atoms with Crippen molar-refractivity contribution in [2.24, 2.45) is 23.2 Å². The Morgan fingerprint density at radius 1 is 1.06 bits per heavy atom. The molecular weight excluding hydrogens is 629 g/mol. The van der Waals surface area contributed by atoms with Crippen LogP contribution in [0.25, 0.3) is 0 Å². The quantitative estimate of drug-likeness (QED) is 0.232. The highest BCUT2D eigenvalue weighted by molar-refractivity contribution is 7.15. The number of aromatic nitrogens is 1. The summed E-state index contributed by atoms with van der Waals surface area (Å²) < 4.78 is 29.2. The van der Waals surface area contributed by atoms with E-state index in [1.807, 2.05) is 11.1 Å².